The van der Waals surface area contributed by atoms with Gasteiger partial charge in [0.15, 0.2) is 0 Å². The third-order valence-electron chi connectivity index (χ3n) is 2.17. The lowest BCUT2D eigenvalue weighted by Gasteiger charge is -2.00. The number of nitrogens with two attached hydrogens (primary N) is 2. The van der Waals surface area contributed by atoms with Gasteiger partial charge in [-0.05, 0) is 30.3 Å². The van der Waals surface area contributed by atoms with Crippen molar-refractivity contribution in [1.29, 1.82) is 0 Å². The Kier molecular flexibility index (Phi) is 3.25. The van der Waals surface area contributed by atoms with Crippen LogP contribution in [0.15, 0.2) is 52.7 Å². The maximum atomic E-state index is 5.95. The fraction of sp³-hybridized carbons (Fsp3) is 0. The lowest BCUT2D eigenvalue weighted by Crippen LogP contribution is -1.89. The van der Waals surface area contributed by atoms with E-state index in [1.807, 2.05) is 12.1 Å². The van der Waals surface area contributed by atoms with Gasteiger partial charge >= 0.3 is 0 Å². The first-order valence-corrected chi connectivity index (χ1v) is 5.36. The summed E-state index contributed by atoms with van der Waals surface area (Å²) in [6.45, 7) is 0. The summed E-state index contributed by atoms with van der Waals surface area (Å²) < 4.78 is 0. The summed E-state index contributed by atoms with van der Waals surface area (Å²) in [5.41, 5.74) is 13.6. The molecule has 0 saturated heterocycles. The molecule has 17 heavy (non-hydrogen) atoms. The summed E-state index contributed by atoms with van der Waals surface area (Å²) in [7, 11) is 0. The number of anilines is 2. The molecule has 0 spiro atoms. The topological polar surface area (TPSA) is 76.8 Å². The van der Waals surface area contributed by atoms with Gasteiger partial charge in [0.2, 0.25) is 0 Å². The standard InChI is InChI=1S/C12H11ClN4/c13-9-3-1-2-4-11(9)16-17-12-6-5-8(14)7-10(12)15/h1-7H,14-15H2. The second-order valence-electron chi connectivity index (χ2n) is 3.47. The van der Waals surface area contributed by atoms with Crippen molar-refractivity contribution >= 4 is 34.4 Å². The Morgan fingerprint density at radius 3 is 2.29 bits per heavy atom. The summed E-state index contributed by atoms with van der Waals surface area (Å²) in [5, 5.41) is 8.62. The lowest BCUT2D eigenvalue weighted by atomic mass is 10.2. The molecule has 2 aromatic rings. The zero-order chi connectivity index (χ0) is 12.3. The van der Waals surface area contributed by atoms with E-state index in [1.54, 1.807) is 30.3 Å². The van der Waals surface area contributed by atoms with E-state index in [0.717, 1.165) is 0 Å². The van der Waals surface area contributed by atoms with Crippen LogP contribution in [0.2, 0.25) is 5.02 Å². The lowest BCUT2D eigenvalue weighted by molar-refractivity contribution is 1.23. The van der Waals surface area contributed by atoms with Crippen molar-refractivity contribution in [1.82, 2.24) is 0 Å². The first kappa shape index (κ1) is 11.4. The molecule has 0 heterocycles. The van der Waals surface area contributed by atoms with Crippen molar-refractivity contribution in [2.75, 3.05) is 11.5 Å². The fourth-order valence-corrected chi connectivity index (χ4v) is 1.48. The number of benzene rings is 2. The van der Waals surface area contributed by atoms with Crippen LogP contribution in [0.3, 0.4) is 0 Å². The minimum Gasteiger partial charge on any atom is -0.399 e. The van der Waals surface area contributed by atoms with Crippen LogP contribution in [-0.2, 0) is 0 Å². The molecular formula is C12H11ClN4. The Bertz CT molecular complexity index is 566. The number of nitrogen functional groups attached to an aromatic ring is 2. The number of hydrogen-bond donors (Lipinski definition) is 2. The quantitative estimate of drug-likeness (QED) is 0.622. The van der Waals surface area contributed by atoms with Crippen LogP contribution >= 0.6 is 11.6 Å². The first-order valence-electron chi connectivity index (χ1n) is 4.98. The summed E-state index contributed by atoms with van der Waals surface area (Å²) in [6.07, 6.45) is 0. The summed E-state index contributed by atoms with van der Waals surface area (Å²) in [6, 6.07) is 12.3. The molecule has 0 atom stereocenters. The summed E-state index contributed by atoms with van der Waals surface area (Å²) in [4.78, 5) is 0. The van der Waals surface area contributed by atoms with Crippen LogP contribution in [0.25, 0.3) is 0 Å². The zero-order valence-electron chi connectivity index (χ0n) is 8.97. The highest BCUT2D eigenvalue weighted by molar-refractivity contribution is 6.32. The molecule has 4 nitrogen and oxygen atoms in total. The molecule has 5 heteroatoms. The third-order valence-corrected chi connectivity index (χ3v) is 2.49. The van der Waals surface area contributed by atoms with Crippen LogP contribution in [0.4, 0.5) is 22.7 Å². The molecule has 0 amide bonds. The molecule has 4 N–H and O–H groups in total. The molecule has 0 fully saturated rings. The SMILES string of the molecule is Nc1ccc(N=Nc2ccccc2Cl)c(N)c1. The number of nitrogens with zero attached hydrogens (tertiary/aromatic N) is 2. The van der Waals surface area contributed by atoms with Gasteiger partial charge in [0, 0.05) is 5.69 Å². The van der Waals surface area contributed by atoms with Gasteiger partial charge in [-0.2, -0.15) is 0 Å². The Hall–Kier alpha value is -2.07. The molecule has 0 unspecified atom stereocenters. The molecule has 0 aliphatic heterocycles. The van der Waals surface area contributed by atoms with Crippen molar-refractivity contribution in [2.24, 2.45) is 10.2 Å². The van der Waals surface area contributed by atoms with Gasteiger partial charge in [0.05, 0.1) is 10.7 Å². The minimum absolute atomic E-state index is 0.487. The number of hydrogen-bond acceptors (Lipinski definition) is 4. The van der Waals surface area contributed by atoms with Crippen molar-refractivity contribution in [3.63, 3.8) is 0 Å². The first-order chi connectivity index (χ1) is 8.16. The van der Waals surface area contributed by atoms with Crippen LogP contribution in [0, 0.1) is 0 Å². The van der Waals surface area contributed by atoms with E-state index < -0.39 is 0 Å². The largest absolute Gasteiger partial charge is 0.399 e. The Morgan fingerprint density at radius 1 is 0.882 bits per heavy atom. The monoisotopic (exact) mass is 246 g/mol. The number of azo groups is 1. The van der Waals surface area contributed by atoms with Gasteiger partial charge in [-0.25, -0.2) is 0 Å². The average molecular weight is 247 g/mol. The van der Waals surface area contributed by atoms with E-state index in [-0.39, 0.29) is 0 Å². The molecule has 2 rings (SSSR count). The molecule has 0 saturated carbocycles. The van der Waals surface area contributed by atoms with E-state index in [2.05, 4.69) is 10.2 Å². The maximum Gasteiger partial charge on any atom is 0.109 e. The van der Waals surface area contributed by atoms with E-state index in [1.165, 1.54) is 0 Å². The smallest absolute Gasteiger partial charge is 0.109 e. The van der Waals surface area contributed by atoms with E-state index >= 15 is 0 Å². The van der Waals surface area contributed by atoms with Crippen LogP contribution in [-0.4, -0.2) is 0 Å². The minimum atomic E-state index is 0.487. The molecule has 2 aromatic carbocycles. The van der Waals surface area contributed by atoms with Crippen molar-refractivity contribution in [3.8, 4) is 0 Å². The molecule has 0 radical (unpaired) electrons. The average Bonchev–Trinajstić information content (AvgIpc) is 2.30. The molecular weight excluding hydrogens is 236 g/mol. The fourth-order valence-electron chi connectivity index (χ4n) is 1.30. The van der Waals surface area contributed by atoms with Crippen LogP contribution in [0.1, 0.15) is 0 Å². The normalized spacial score (nSPS) is 10.9. The molecule has 0 bridgehead atoms. The highest BCUT2D eigenvalue weighted by Crippen LogP contribution is 2.29. The third kappa shape index (κ3) is 2.73. The van der Waals surface area contributed by atoms with Gasteiger partial charge in [0.1, 0.15) is 11.4 Å². The van der Waals surface area contributed by atoms with Crippen molar-refractivity contribution in [2.45, 2.75) is 0 Å². The zero-order valence-corrected chi connectivity index (χ0v) is 9.72. The van der Waals surface area contributed by atoms with E-state index in [9.17, 15) is 0 Å². The van der Waals surface area contributed by atoms with Gasteiger partial charge in [-0.1, -0.05) is 23.7 Å². The van der Waals surface area contributed by atoms with Gasteiger partial charge in [-0.3, -0.25) is 0 Å². The van der Waals surface area contributed by atoms with Crippen LogP contribution < -0.4 is 11.5 Å². The van der Waals surface area contributed by atoms with Gasteiger partial charge in [-0.15, -0.1) is 10.2 Å². The second-order valence-corrected chi connectivity index (χ2v) is 3.88. The highest BCUT2D eigenvalue weighted by Gasteiger charge is 1.99. The molecule has 0 aromatic heterocycles. The van der Waals surface area contributed by atoms with E-state index in [4.69, 9.17) is 23.1 Å². The summed E-state index contributed by atoms with van der Waals surface area (Å²) >= 11 is 5.95. The van der Waals surface area contributed by atoms with Crippen molar-refractivity contribution < 1.29 is 0 Å². The predicted octanol–water partition coefficient (Wildman–Crippen LogP) is 3.92. The Labute approximate surface area is 104 Å². The predicted molar refractivity (Wildman–Crippen MR) is 70.9 cm³/mol. The van der Waals surface area contributed by atoms with Crippen molar-refractivity contribution in [3.05, 3.63) is 47.5 Å². The van der Waals surface area contributed by atoms with Gasteiger partial charge in [0.25, 0.3) is 0 Å². The molecule has 0 aliphatic rings. The molecule has 0 aliphatic carbocycles. The Morgan fingerprint density at radius 2 is 1.59 bits per heavy atom. The highest BCUT2D eigenvalue weighted by atomic mass is 35.5. The second kappa shape index (κ2) is 4.84. The number of halogens is 1. The molecule has 86 valence electrons. The van der Waals surface area contributed by atoms with Gasteiger partial charge < -0.3 is 11.5 Å². The summed E-state index contributed by atoms with van der Waals surface area (Å²) in [5.74, 6) is 0. The Balaban J connectivity index is 2.29. The van der Waals surface area contributed by atoms with E-state index in [0.29, 0.717) is 27.8 Å². The number of rotatable bonds is 2. The maximum absolute atomic E-state index is 5.95. The van der Waals surface area contributed by atoms with Crippen LogP contribution in [0.5, 0.6) is 0 Å².